The normalized spacial score (nSPS) is 27.9. The highest BCUT2D eigenvalue weighted by molar-refractivity contribution is 4.94. The fraction of sp³-hybridized carbons (Fsp3) is 0.867. The standard InChI is InChI=1S/C15H25N3O/c1-3-14-16-15(19-17-14)10-18(13-8-9-13)12-6-4-11(2)5-7-12/h11-13H,3-10H2,1-2H3. The third kappa shape index (κ3) is 3.16. The minimum absolute atomic E-state index is 0.737. The highest BCUT2D eigenvalue weighted by atomic mass is 16.5. The van der Waals surface area contributed by atoms with Gasteiger partial charge in [0, 0.05) is 18.5 Å². The molecule has 0 amide bonds. The van der Waals surface area contributed by atoms with Crippen molar-refractivity contribution < 1.29 is 4.52 Å². The molecule has 0 radical (unpaired) electrons. The van der Waals surface area contributed by atoms with Gasteiger partial charge in [-0.1, -0.05) is 19.0 Å². The summed E-state index contributed by atoms with van der Waals surface area (Å²) in [6, 6.07) is 1.51. The van der Waals surface area contributed by atoms with E-state index in [4.69, 9.17) is 4.52 Å². The molecule has 3 rings (SSSR count). The van der Waals surface area contributed by atoms with Crippen molar-refractivity contribution in [3.63, 3.8) is 0 Å². The predicted molar refractivity (Wildman–Crippen MR) is 73.7 cm³/mol. The highest BCUT2D eigenvalue weighted by Gasteiger charge is 2.36. The van der Waals surface area contributed by atoms with Gasteiger partial charge in [0.15, 0.2) is 5.82 Å². The van der Waals surface area contributed by atoms with E-state index in [2.05, 4.69) is 28.9 Å². The molecule has 19 heavy (non-hydrogen) atoms. The first-order valence-electron chi connectivity index (χ1n) is 7.83. The van der Waals surface area contributed by atoms with Gasteiger partial charge in [-0.25, -0.2) is 0 Å². The van der Waals surface area contributed by atoms with Gasteiger partial charge in [-0.15, -0.1) is 0 Å². The molecule has 1 aromatic rings. The Morgan fingerprint density at radius 1 is 1.11 bits per heavy atom. The van der Waals surface area contributed by atoms with Crippen LogP contribution in [0.4, 0.5) is 0 Å². The Labute approximate surface area is 115 Å². The molecule has 2 fully saturated rings. The largest absolute Gasteiger partial charge is 0.338 e. The molecule has 2 saturated carbocycles. The third-order valence-corrected chi connectivity index (χ3v) is 4.61. The van der Waals surface area contributed by atoms with Crippen LogP contribution in [0.1, 0.15) is 64.1 Å². The van der Waals surface area contributed by atoms with Gasteiger partial charge in [0.2, 0.25) is 5.89 Å². The first kappa shape index (κ1) is 13.1. The average molecular weight is 263 g/mol. The summed E-state index contributed by atoms with van der Waals surface area (Å²) in [6.07, 6.45) is 8.98. The minimum atomic E-state index is 0.737. The second-order valence-electron chi connectivity index (χ2n) is 6.28. The molecule has 0 aliphatic heterocycles. The zero-order valence-corrected chi connectivity index (χ0v) is 12.1. The van der Waals surface area contributed by atoms with E-state index in [1.54, 1.807) is 0 Å². The van der Waals surface area contributed by atoms with Gasteiger partial charge < -0.3 is 4.52 Å². The lowest BCUT2D eigenvalue weighted by molar-refractivity contribution is 0.110. The minimum Gasteiger partial charge on any atom is -0.338 e. The van der Waals surface area contributed by atoms with E-state index in [0.717, 1.165) is 42.7 Å². The van der Waals surface area contributed by atoms with Gasteiger partial charge in [-0.3, -0.25) is 4.90 Å². The van der Waals surface area contributed by atoms with Crippen LogP contribution in [0.3, 0.4) is 0 Å². The lowest BCUT2D eigenvalue weighted by Crippen LogP contribution is -2.39. The maximum Gasteiger partial charge on any atom is 0.240 e. The summed E-state index contributed by atoms with van der Waals surface area (Å²) in [4.78, 5) is 7.11. The molecule has 2 aliphatic carbocycles. The van der Waals surface area contributed by atoms with Crippen molar-refractivity contribution in [2.24, 2.45) is 5.92 Å². The van der Waals surface area contributed by atoms with E-state index in [1.165, 1.54) is 38.5 Å². The molecule has 106 valence electrons. The van der Waals surface area contributed by atoms with Gasteiger partial charge in [0.1, 0.15) is 0 Å². The van der Waals surface area contributed by atoms with Crippen LogP contribution in [0.25, 0.3) is 0 Å². The van der Waals surface area contributed by atoms with Gasteiger partial charge in [-0.2, -0.15) is 4.98 Å². The molecule has 0 N–H and O–H groups in total. The summed E-state index contributed by atoms with van der Waals surface area (Å²) in [7, 11) is 0. The number of aryl methyl sites for hydroxylation is 1. The van der Waals surface area contributed by atoms with Crippen LogP contribution >= 0.6 is 0 Å². The fourth-order valence-electron chi connectivity index (χ4n) is 3.19. The second kappa shape index (κ2) is 5.61. The third-order valence-electron chi connectivity index (χ3n) is 4.61. The Hall–Kier alpha value is -0.900. The van der Waals surface area contributed by atoms with Crippen molar-refractivity contribution in [3.8, 4) is 0 Å². The summed E-state index contributed by atoms with van der Waals surface area (Å²) in [5, 5.41) is 4.01. The van der Waals surface area contributed by atoms with Crippen molar-refractivity contribution in [3.05, 3.63) is 11.7 Å². The van der Waals surface area contributed by atoms with Crippen LogP contribution in [-0.4, -0.2) is 27.1 Å². The summed E-state index contributed by atoms with van der Waals surface area (Å²) >= 11 is 0. The van der Waals surface area contributed by atoms with Crippen LogP contribution in [0.15, 0.2) is 4.52 Å². The molecular weight excluding hydrogens is 238 g/mol. The zero-order chi connectivity index (χ0) is 13.2. The summed E-state index contributed by atoms with van der Waals surface area (Å²) in [6.45, 7) is 5.30. The molecule has 4 heteroatoms. The molecule has 4 nitrogen and oxygen atoms in total. The fourth-order valence-corrected chi connectivity index (χ4v) is 3.19. The van der Waals surface area contributed by atoms with E-state index >= 15 is 0 Å². The molecule has 0 aromatic carbocycles. The van der Waals surface area contributed by atoms with Gasteiger partial charge in [-0.05, 0) is 44.4 Å². The van der Waals surface area contributed by atoms with E-state index < -0.39 is 0 Å². The average Bonchev–Trinajstić information content (AvgIpc) is 3.17. The van der Waals surface area contributed by atoms with Crippen LogP contribution in [0, 0.1) is 5.92 Å². The molecule has 0 bridgehead atoms. The van der Waals surface area contributed by atoms with E-state index in [-0.39, 0.29) is 0 Å². The predicted octanol–water partition coefficient (Wildman–Crippen LogP) is 3.18. The van der Waals surface area contributed by atoms with Gasteiger partial charge in [0.05, 0.1) is 6.54 Å². The maximum absolute atomic E-state index is 5.37. The highest BCUT2D eigenvalue weighted by Crippen LogP contribution is 2.36. The lowest BCUT2D eigenvalue weighted by atomic mass is 9.86. The number of rotatable bonds is 5. The molecule has 1 aromatic heterocycles. The number of aromatic nitrogens is 2. The van der Waals surface area contributed by atoms with Crippen LogP contribution in [0.5, 0.6) is 0 Å². The lowest BCUT2D eigenvalue weighted by Gasteiger charge is -2.35. The van der Waals surface area contributed by atoms with E-state index in [0.29, 0.717) is 0 Å². The first-order chi connectivity index (χ1) is 9.26. The van der Waals surface area contributed by atoms with Crippen molar-refractivity contribution in [2.45, 2.75) is 77.4 Å². The molecule has 0 spiro atoms. The molecule has 1 heterocycles. The van der Waals surface area contributed by atoms with Crippen LogP contribution < -0.4 is 0 Å². The van der Waals surface area contributed by atoms with Crippen LogP contribution in [0.2, 0.25) is 0 Å². The smallest absolute Gasteiger partial charge is 0.240 e. The summed E-state index contributed by atoms with van der Waals surface area (Å²) in [5.41, 5.74) is 0. The molecule has 0 atom stereocenters. The van der Waals surface area contributed by atoms with Crippen molar-refractivity contribution in [1.82, 2.24) is 15.0 Å². The Morgan fingerprint density at radius 3 is 2.26 bits per heavy atom. The first-order valence-corrected chi connectivity index (χ1v) is 7.83. The zero-order valence-electron chi connectivity index (χ0n) is 12.1. The van der Waals surface area contributed by atoms with Crippen molar-refractivity contribution in [2.75, 3.05) is 0 Å². The molecule has 0 saturated heterocycles. The quantitative estimate of drug-likeness (QED) is 0.818. The Kier molecular flexibility index (Phi) is 3.87. The van der Waals surface area contributed by atoms with E-state index in [1.807, 2.05) is 0 Å². The summed E-state index contributed by atoms with van der Waals surface area (Å²) in [5.74, 6) is 2.55. The summed E-state index contributed by atoms with van der Waals surface area (Å²) < 4.78 is 5.37. The number of hydrogen-bond acceptors (Lipinski definition) is 4. The number of nitrogens with zero attached hydrogens (tertiary/aromatic N) is 3. The van der Waals surface area contributed by atoms with Crippen molar-refractivity contribution in [1.29, 1.82) is 0 Å². The molecule has 0 unspecified atom stereocenters. The van der Waals surface area contributed by atoms with Crippen LogP contribution in [-0.2, 0) is 13.0 Å². The SMILES string of the molecule is CCc1noc(CN(C2CCC(C)CC2)C2CC2)n1. The van der Waals surface area contributed by atoms with E-state index in [9.17, 15) is 0 Å². The molecular formula is C15H25N3O. The van der Waals surface area contributed by atoms with Gasteiger partial charge in [0.25, 0.3) is 0 Å². The van der Waals surface area contributed by atoms with Gasteiger partial charge >= 0.3 is 0 Å². The Morgan fingerprint density at radius 2 is 1.74 bits per heavy atom. The second-order valence-corrected chi connectivity index (χ2v) is 6.28. The maximum atomic E-state index is 5.37. The van der Waals surface area contributed by atoms with Crippen molar-refractivity contribution >= 4 is 0 Å². The Balaban J connectivity index is 1.64. The monoisotopic (exact) mass is 263 g/mol. The molecule has 2 aliphatic rings. The topological polar surface area (TPSA) is 42.2 Å². The number of hydrogen-bond donors (Lipinski definition) is 0. The Bertz CT molecular complexity index is 405.